The Balaban J connectivity index is 1.98. The van der Waals surface area contributed by atoms with Crippen LogP contribution in [0.3, 0.4) is 0 Å². The number of hydrogen-bond donors (Lipinski definition) is 1. The summed E-state index contributed by atoms with van der Waals surface area (Å²) in [6, 6.07) is 4.23. The Labute approximate surface area is 98.4 Å². The Morgan fingerprint density at radius 3 is 3.12 bits per heavy atom. The zero-order valence-corrected chi connectivity index (χ0v) is 10.00. The van der Waals surface area contributed by atoms with Gasteiger partial charge in [0.15, 0.2) is 0 Å². The summed E-state index contributed by atoms with van der Waals surface area (Å²) in [6.45, 7) is 2.79. The first-order valence-electron chi connectivity index (χ1n) is 5.53. The van der Waals surface area contributed by atoms with Gasteiger partial charge in [-0.3, -0.25) is 0 Å². The van der Waals surface area contributed by atoms with Crippen molar-refractivity contribution >= 4 is 11.3 Å². The third-order valence-electron chi connectivity index (χ3n) is 2.96. The summed E-state index contributed by atoms with van der Waals surface area (Å²) in [5, 5.41) is 9.59. The standard InChI is InChI=1S/C12H14N2OS/c1-8-2-4-11(16-8)10-7-14-6-9(15)3-5-12(14)13-10/h2,4,7,9,15H,3,5-6H2,1H3. The van der Waals surface area contributed by atoms with Crippen LogP contribution in [-0.2, 0) is 13.0 Å². The van der Waals surface area contributed by atoms with E-state index in [1.165, 1.54) is 9.75 Å². The molecule has 4 heteroatoms. The molecule has 2 aromatic rings. The number of nitrogens with zero attached hydrogens (tertiary/aromatic N) is 2. The van der Waals surface area contributed by atoms with Gasteiger partial charge in [-0.05, 0) is 25.5 Å². The third-order valence-corrected chi connectivity index (χ3v) is 3.98. The predicted molar refractivity (Wildman–Crippen MR) is 64.6 cm³/mol. The van der Waals surface area contributed by atoms with E-state index in [9.17, 15) is 5.11 Å². The summed E-state index contributed by atoms with van der Waals surface area (Å²) in [6.07, 6.45) is 3.56. The van der Waals surface area contributed by atoms with Crippen LogP contribution < -0.4 is 0 Å². The molecule has 2 aromatic heterocycles. The van der Waals surface area contributed by atoms with Gasteiger partial charge in [-0.2, -0.15) is 0 Å². The molecule has 0 aromatic carbocycles. The van der Waals surface area contributed by atoms with Gasteiger partial charge in [0.1, 0.15) is 5.82 Å². The number of hydrogen-bond acceptors (Lipinski definition) is 3. The molecule has 0 saturated carbocycles. The van der Waals surface area contributed by atoms with Crippen LogP contribution in [0.1, 0.15) is 17.1 Å². The quantitative estimate of drug-likeness (QED) is 0.821. The van der Waals surface area contributed by atoms with Crippen LogP contribution in [0.5, 0.6) is 0 Å². The van der Waals surface area contributed by atoms with Crippen molar-refractivity contribution in [3.05, 3.63) is 29.0 Å². The SMILES string of the molecule is Cc1ccc(-c2cn3c(n2)CCC(O)C3)s1. The van der Waals surface area contributed by atoms with Crippen LogP contribution in [0.4, 0.5) is 0 Å². The third kappa shape index (κ3) is 1.68. The number of imidazole rings is 1. The van der Waals surface area contributed by atoms with E-state index in [0.29, 0.717) is 6.54 Å². The number of aryl methyl sites for hydroxylation is 2. The van der Waals surface area contributed by atoms with E-state index >= 15 is 0 Å². The minimum atomic E-state index is -0.209. The van der Waals surface area contributed by atoms with Crippen molar-refractivity contribution in [3.63, 3.8) is 0 Å². The predicted octanol–water partition coefficient (Wildman–Crippen LogP) is 2.23. The highest BCUT2D eigenvalue weighted by Crippen LogP contribution is 2.28. The van der Waals surface area contributed by atoms with Crippen molar-refractivity contribution in [1.82, 2.24) is 9.55 Å². The van der Waals surface area contributed by atoms with E-state index < -0.39 is 0 Å². The first-order chi connectivity index (χ1) is 7.72. The maximum Gasteiger partial charge on any atom is 0.109 e. The Kier molecular flexibility index (Phi) is 2.33. The van der Waals surface area contributed by atoms with Gasteiger partial charge in [0, 0.05) is 24.0 Å². The van der Waals surface area contributed by atoms with Gasteiger partial charge in [-0.15, -0.1) is 11.3 Å². The van der Waals surface area contributed by atoms with Gasteiger partial charge in [0.2, 0.25) is 0 Å². The van der Waals surface area contributed by atoms with Crippen molar-refractivity contribution in [1.29, 1.82) is 0 Å². The molecule has 84 valence electrons. The highest BCUT2D eigenvalue weighted by Gasteiger charge is 2.19. The van der Waals surface area contributed by atoms with Crippen LogP contribution in [0, 0.1) is 6.92 Å². The molecule has 3 nitrogen and oxygen atoms in total. The molecule has 0 saturated heterocycles. The molecule has 0 amide bonds. The first-order valence-corrected chi connectivity index (χ1v) is 6.35. The normalized spacial score (nSPS) is 19.8. The molecule has 3 rings (SSSR count). The van der Waals surface area contributed by atoms with Gasteiger partial charge >= 0.3 is 0 Å². The lowest BCUT2D eigenvalue weighted by Crippen LogP contribution is -2.23. The molecule has 0 bridgehead atoms. The Bertz CT molecular complexity index is 515. The Morgan fingerprint density at radius 2 is 2.38 bits per heavy atom. The second-order valence-electron chi connectivity index (χ2n) is 4.30. The molecule has 1 atom stereocenters. The molecule has 0 aliphatic carbocycles. The van der Waals surface area contributed by atoms with Gasteiger partial charge in [0.25, 0.3) is 0 Å². The average molecular weight is 234 g/mol. The van der Waals surface area contributed by atoms with Gasteiger partial charge in [0.05, 0.1) is 16.7 Å². The summed E-state index contributed by atoms with van der Waals surface area (Å²) in [5.74, 6) is 1.10. The first kappa shape index (κ1) is 10.1. The van der Waals surface area contributed by atoms with Gasteiger partial charge in [-0.1, -0.05) is 0 Å². The lowest BCUT2D eigenvalue weighted by atomic mass is 10.1. The highest BCUT2D eigenvalue weighted by atomic mass is 32.1. The minimum absolute atomic E-state index is 0.209. The number of aliphatic hydroxyl groups excluding tert-OH is 1. The van der Waals surface area contributed by atoms with Crippen LogP contribution >= 0.6 is 11.3 Å². The molecule has 0 fully saturated rings. The maximum atomic E-state index is 9.59. The molecule has 1 unspecified atom stereocenters. The highest BCUT2D eigenvalue weighted by molar-refractivity contribution is 7.15. The summed E-state index contributed by atoms with van der Waals surface area (Å²) < 4.78 is 2.08. The maximum absolute atomic E-state index is 9.59. The van der Waals surface area contributed by atoms with E-state index in [1.807, 2.05) is 0 Å². The average Bonchev–Trinajstić information content (AvgIpc) is 2.83. The van der Waals surface area contributed by atoms with Crippen LogP contribution in [-0.4, -0.2) is 20.8 Å². The molecule has 0 spiro atoms. The Morgan fingerprint density at radius 1 is 1.50 bits per heavy atom. The second-order valence-corrected chi connectivity index (χ2v) is 5.59. The van der Waals surface area contributed by atoms with Crippen LogP contribution in [0.25, 0.3) is 10.6 Å². The number of aromatic nitrogens is 2. The van der Waals surface area contributed by atoms with E-state index in [1.54, 1.807) is 11.3 Å². The van der Waals surface area contributed by atoms with Crippen molar-refractivity contribution < 1.29 is 5.11 Å². The van der Waals surface area contributed by atoms with E-state index in [-0.39, 0.29) is 6.10 Å². The molecule has 1 aliphatic heterocycles. The minimum Gasteiger partial charge on any atom is -0.391 e. The van der Waals surface area contributed by atoms with Gasteiger partial charge < -0.3 is 9.67 Å². The van der Waals surface area contributed by atoms with Crippen molar-refractivity contribution in [3.8, 4) is 10.6 Å². The smallest absolute Gasteiger partial charge is 0.109 e. The van der Waals surface area contributed by atoms with Crippen LogP contribution in [0.2, 0.25) is 0 Å². The van der Waals surface area contributed by atoms with Crippen molar-refractivity contribution in [2.24, 2.45) is 0 Å². The van der Waals surface area contributed by atoms with Crippen LogP contribution in [0.15, 0.2) is 18.3 Å². The largest absolute Gasteiger partial charge is 0.391 e. The van der Waals surface area contributed by atoms with E-state index in [2.05, 4.69) is 34.8 Å². The zero-order valence-electron chi connectivity index (χ0n) is 9.18. The molecule has 0 radical (unpaired) electrons. The summed E-state index contributed by atoms with van der Waals surface area (Å²) in [7, 11) is 0. The number of rotatable bonds is 1. The Hall–Kier alpha value is -1.13. The van der Waals surface area contributed by atoms with E-state index in [0.717, 1.165) is 24.4 Å². The van der Waals surface area contributed by atoms with E-state index in [4.69, 9.17) is 0 Å². The second kappa shape index (κ2) is 3.71. The monoisotopic (exact) mass is 234 g/mol. The molecule has 16 heavy (non-hydrogen) atoms. The van der Waals surface area contributed by atoms with Crippen molar-refractivity contribution in [2.45, 2.75) is 32.4 Å². The molecular formula is C12H14N2OS. The molecular weight excluding hydrogens is 220 g/mol. The molecule has 1 aliphatic rings. The van der Waals surface area contributed by atoms with Crippen molar-refractivity contribution in [2.75, 3.05) is 0 Å². The summed E-state index contributed by atoms with van der Waals surface area (Å²) in [5.41, 5.74) is 1.04. The number of aliphatic hydroxyl groups is 1. The summed E-state index contributed by atoms with van der Waals surface area (Å²) >= 11 is 1.77. The topological polar surface area (TPSA) is 38.0 Å². The van der Waals surface area contributed by atoms with Gasteiger partial charge in [-0.25, -0.2) is 4.98 Å². The number of thiophene rings is 1. The number of fused-ring (bicyclic) bond motifs is 1. The molecule has 1 N–H and O–H groups in total. The lowest BCUT2D eigenvalue weighted by Gasteiger charge is -2.18. The zero-order chi connectivity index (χ0) is 11.1. The lowest BCUT2D eigenvalue weighted by molar-refractivity contribution is 0.130. The fourth-order valence-electron chi connectivity index (χ4n) is 2.12. The fourth-order valence-corrected chi connectivity index (χ4v) is 2.94. The summed E-state index contributed by atoms with van der Waals surface area (Å²) in [4.78, 5) is 7.15. The fraction of sp³-hybridized carbons (Fsp3) is 0.417. The molecule has 3 heterocycles.